The van der Waals surface area contributed by atoms with Crippen LogP contribution < -0.4 is 5.32 Å². The lowest BCUT2D eigenvalue weighted by molar-refractivity contribution is -0.385. The molecule has 9 unspecified atom stereocenters. The van der Waals surface area contributed by atoms with Crippen molar-refractivity contribution in [1.29, 1.82) is 0 Å². The Morgan fingerprint density at radius 1 is 0.818 bits per heavy atom. The molecule has 0 aromatic heterocycles. The van der Waals surface area contributed by atoms with Crippen molar-refractivity contribution in [2.45, 2.75) is 94.7 Å². The molecule has 1 heterocycles. The Morgan fingerprint density at radius 2 is 1.41 bits per heavy atom. The van der Waals surface area contributed by atoms with Crippen molar-refractivity contribution >= 4 is 35.3 Å². The van der Waals surface area contributed by atoms with Crippen LogP contribution in [-0.2, 0) is 28.5 Å². The maximum Gasteiger partial charge on any atom is 0.346 e. The summed E-state index contributed by atoms with van der Waals surface area (Å²) in [7, 11) is 0. The summed E-state index contributed by atoms with van der Waals surface area (Å²) < 4.78 is 24.5. The van der Waals surface area contributed by atoms with E-state index < -0.39 is 117 Å². The van der Waals surface area contributed by atoms with Crippen LogP contribution in [0, 0.1) is 26.9 Å². The molecular weight excluding hydrogens is 853 g/mol. The highest BCUT2D eigenvalue weighted by Gasteiger charge is 2.75. The number of fused-ring (bicyclic) bond motifs is 5. The summed E-state index contributed by atoms with van der Waals surface area (Å²) in [5, 5.41) is 53.0. The van der Waals surface area contributed by atoms with E-state index in [1.165, 1.54) is 58.0 Å². The van der Waals surface area contributed by atoms with Gasteiger partial charge in [-0.3, -0.25) is 19.7 Å². The average Bonchev–Trinajstić information content (AvgIpc) is 3.31. The summed E-state index contributed by atoms with van der Waals surface area (Å²) >= 11 is 0. The standard InChI is InChI=1S/C50H50N2O14/c1-28-34(64-46(58)38(53)37(29-16-8-5-9-17-29)51-43(55)30-18-10-6-11-19-30)26-50(60)42(66-44(56)31-20-12-7-13-21-31)40-48(4,25-24-35-49(40,59)27-63-35)41(54)39(36(28)47(50,2)3)65-45(57)32-22-14-15-23-33(32)52(61)62/h5-23,34-35,37-40,42,53,59-60H,24-27H2,1-4H3,(H,51,55)/t34?,35?,37?,38?,39?,40?,42?,48-,49?,50?/m1/s1. The predicted molar refractivity (Wildman–Crippen MR) is 233 cm³/mol. The second-order valence-electron chi connectivity index (χ2n) is 18.3. The first kappa shape index (κ1) is 46.0. The summed E-state index contributed by atoms with van der Waals surface area (Å²) in [6.07, 6.45) is -8.52. The van der Waals surface area contributed by atoms with Gasteiger partial charge in [0.1, 0.15) is 29.0 Å². The molecule has 16 heteroatoms. The molecule has 8 rings (SSSR count). The molecule has 4 aliphatic rings. The van der Waals surface area contributed by atoms with Crippen LogP contribution in [0.1, 0.15) is 89.6 Å². The van der Waals surface area contributed by atoms with Gasteiger partial charge in [0.15, 0.2) is 18.0 Å². The number of para-hydroxylation sites is 1. The third-order valence-electron chi connectivity index (χ3n) is 14.3. The quantitative estimate of drug-likeness (QED) is 0.0485. The van der Waals surface area contributed by atoms with Gasteiger partial charge in [0.2, 0.25) is 0 Å². The number of hydrogen-bond acceptors (Lipinski definition) is 14. The highest BCUT2D eigenvalue weighted by Crippen LogP contribution is 2.63. The highest BCUT2D eigenvalue weighted by molar-refractivity contribution is 5.99. The number of amides is 1. The summed E-state index contributed by atoms with van der Waals surface area (Å²) in [5.74, 6) is -6.23. The largest absolute Gasteiger partial charge is 0.456 e. The van der Waals surface area contributed by atoms with Crippen LogP contribution in [-0.4, -0.2) is 98.2 Å². The van der Waals surface area contributed by atoms with E-state index in [0.717, 1.165) is 6.07 Å². The number of aliphatic hydroxyl groups excluding tert-OH is 1. The molecule has 0 spiro atoms. The Kier molecular flexibility index (Phi) is 12.1. The molecule has 4 aromatic rings. The van der Waals surface area contributed by atoms with E-state index in [9.17, 15) is 44.6 Å². The topological polar surface area (TPSA) is 238 Å². The van der Waals surface area contributed by atoms with E-state index in [1.807, 2.05) is 0 Å². The molecule has 1 amide bonds. The minimum absolute atomic E-state index is 0.00538. The second kappa shape index (κ2) is 17.3. The molecule has 10 atom stereocenters. The third-order valence-corrected chi connectivity index (χ3v) is 14.3. The number of carbonyl (C=O) groups excluding carboxylic acids is 5. The normalized spacial score (nSPS) is 29.5. The van der Waals surface area contributed by atoms with Gasteiger partial charge in [-0.2, -0.15) is 0 Å². The number of nitro benzene ring substituents is 1. The monoisotopic (exact) mass is 902 g/mol. The lowest BCUT2D eigenvalue weighted by Gasteiger charge is -2.66. The number of ketones is 1. The number of rotatable bonds is 11. The molecule has 66 heavy (non-hydrogen) atoms. The molecule has 16 nitrogen and oxygen atoms in total. The van der Waals surface area contributed by atoms with Gasteiger partial charge in [-0.05, 0) is 66.8 Å². The van der Waals surface area contributed by atoms with Gasteiger partial charge in [-0.1, -0.05) is 99.6 Å². The zero-order valence-corrected chi connectivity index (χ0v) is 36.6. The Balaban J connectivity index is 1.27. The van der Waals surface area contributed by atoms with Gasteiger partial charge in [0.25, 0.3) is 11.6 Å². The van der Waals surface area contributed by atoms with Gasteiger partial charge in [-0.25, -0.2) is 14.4 Å². The SMILES string of the molecule is CC1=C2C(OC(=O)c3ccccc3[N+](=O)[O-])C(=O)[C@]3(C)CCC4OCC4(O)C3C(OC(=O)c3ccccc3)C(O)(CC1OC(=O)C(O)C(NC(=O)c1ccccc1)c1ccccc1)C2(C)C. The Hall–Kier alpha value is -6.59. The molecular formula is C50H50N2O14. The van der Waals surface area contributed by atoms with Gasteiger partial charge in [0, 0.05) is 34.8 Å². The fourth-order valence-corrected chi connectivity index (χ4v) is 10.6. The molecule has 2 saturated carbocycles. The van der Waals surface area contributed by atoms with Crippen LogP contribution in [0.4, 0.5) is 5.69 Å². The van der Waals surface area contributed by atoms with Gasteiger partial charge < -0.3 is 39.6 Å². The van der Waals surface area contributed by atoms with Crippen molar-refractivity contribution in [3.05, 3.63) is 159 Å². The van der Waals surface area contributed by atoms with Gasteiger partial charge in [-0.15, -0.1) is 0 Å². The van der Waals surface area contributed by atoms with Crippen molar-refractivity contribution in [1.82, 2.24) is 5.32 Å². The number of ether oxygens (including phenoxy) is 4. The van der Waals surface area contributed by atoms with Crippen LogP contribution in [0.5, 0.6) is 0 Å². The zero-order chi connectivity index (χ0) is 47.3. The van der Waals surface area contributed by atoms with Crippen LogP contribution >= 0.6 is 0 Å². The molecule has 1 aliphatic heterocycles. The Labute approximate surface area is 379 Å². The number of nitrogens with one attached hydrogen (secondary N) is 1. The molecule has 4 N–H and O–H groups in total. The van der Waals surface area contributed by atoms with Crippen LogP contribution in [0.15, 0.2) is 126 Å². The molecule has 344 valence electrons. The number of hydrogen-bond donors (Lipinski definition) is 4. The number of aliphatic hydroxyl groups is 3. The molecule has 2 bridgehead atoms. The zero-order valence-electron chi connectivity index (χ0n) is 36.6. The van der Waals surface area contributed by atoms with E-state index in [0.29, 0.717) is 5.56 Å². The average molecular weight is 903 g/mol. The second-order valence-corrected chi connectivity index (χ2v) is 18.3. The fraction of sp³-hybridized carbons (Fsp3) is 0.380. The summed E-state index contributed by atoms with van der Waals surface area (Å²) in [4.78, 5) is 83.4. The maximum absolute atomic E-state index is 15.7. The lowest BCUT2D eigenvalue weighted by Crippen LogP contribution is -2.78. The smallest absolute Gasteiger partial charge is 0.346 e. The first-order valence-electron chi connectivity index (χ1n) is 21.6. The van der Waals surface area contributed by atoms with Gasteiger partial charge in [0.05, 0.1) is 29.2 Å². The fourth-order valence-electron chi connectivity index (χ4n) is 10.6. The molecule has 4 aromatic carbocycles. The van der Waals surface area contributed by atoms with Crippen LogP contribution in [0.2, 0.25) is 0 Å². The van der Waals surface area contributed by atoms with E-state index >= 15 is 4.79 Å². The molecule has 3 aliphatic carbocycles. The number of carbonyl (C=O) groups is 5. The Morgan fingerprint density at radius 3 is 2.02 bits per heavy atom. The van der Waals surface area contributed by atoms with Crippen molar-refractivity contribution in [2.75, 3.05) is 6.61 Å². The predicted octanol–water partition coefficient (Wildman–Crippen LogP) is 5.40. The molecule has 3 fully saturated rings. The minimum Gasteiger partial charge on any atom is -0.456 e. The number of benzene rings is 4. The summed E-state index contributed by atoms with van der Waals surface area (Å²) in [6, 6.07) is 27.9. The van der Waals surface area contributed by atoms with Crippen LogP contribution in [0.25, 0.3) is 0 Å². The van der Waals surface area contributed by atoms with Crippen molar-refractivity contribution in [3.63, 3.8) is 0 Å². The minimum atomic E-state index is -2.38. The van der Waals surface area contributed by atoms with E-state index in [-0.39, 0.29) is 41.7 Å². The van der Waals surface area contributed by atoms with E-state index in [1.54, 1.807) is 78.9 Å². The van der Waals surface area contributed by atoms with Crippen molar-refractivity contribution in [3.8, 4) is 0 Å². The summed E-state index contributed by atoms with van der Waals surface area (Å²) in [5.41, 5.74) is -8.06. The molecule has 0 radical (unpaired) electrons. The number of Topliss-reactive ketones (excluding diaryl/α,β-unsaturated/α-hetero) is 1. The molecule has 1 saturated heterocycles. The maximum atomic E-state index is 15.7. The van der Waals surface area contributed by atoms with Crippen molar-refractivity contribution in [2.24, 2.45) is 16.7 Å². The third kappa shape index (κ3) is 7.66. The Bertz CT molecular complexity index is 2600. The number of nitro groups is 1. The highest BCUT2D eigenvalue weighted by atomic mass is 16.6. The number of esters is 3. The van der Waals surface area contributed by atoms with Gasteiger partial charge >= 0.3 is 17.9 Å². The first-order valence-corrected chi connectivity index (χ1v) is 21.6. The van der Waals surface area contributed by atoms with E-state index in [2.05, 4.69) is 5.32 Å². The van der Waals surface area contributed by atoms with Crippen molar-refractivity contribution < 1.29 is 63.2 Å². The van der Waals surface area contributed by atoms with E-state index in [4.69, 9.17) is 18.9 Å². The number of nitrogens with zero attached hydrogens (tertiary/aromatic N) is 1. The van der Waals surface area contributed by atoms with Crippen LogP contribution in [0.3, 0.4) is 0 Å². The lowest BCUT2D eigenvalue weighted by atomic mass is 9.45. The first-order chi connectivity index (χ1) is 31.3. The summed E-state index contributed by atoms with van der Waals surface area (Å²) in [6.45, 7) is 5.80.